The van der Waals surface area contributed by atoms with Gasteiger partial charge >= 0.3 is 0 Å². The summed E-state index contributed by atoms with van der Waals surface area (Å²) in [6, 6.07) is 7.27. The van der Waals surface area contributed by atoms with Gasteiger partial charge in [-0.2, -0.15) is 4.31 Å². The Morgan fingerprint density at radius 2 is 1.85 bits per heavy atom. The third-order valence-corrected chi connectivity index (χ3v) is 9.47. The fraction of sp³-hybridized carbons (Fsp3) is 0.522. The highest BCUT2D eigenvalue weighted by Gasteiger charge is 2.28. The zero-order valence-corrected chi connectivity index (χ0v) is 20.3. The van der Waals surface area contributed by atoms with Crippen LogP contribution in [0.1, 0.15) is 23.3 Å². The van der Waals surface area contributed by atoms with Gasteiger partial charge in [0.2, 0.25) is 15.9 Å². The quantitative estimate of drug-likeness (QED) is 0.670. The molecule has 8 nitrogen and oxygen atoms in total. The zero-order valence-electron chi connectivity index (χ0n) is 18.7. The molecule has 0 aliphatic carbocycles. The fourth-order valence-corrected chi connectivity index (χ4v) is 7.10. The van der Waals surface area contributed by atoms with Crippen LogP contribution >= 0.6 is 11.3 Å². The summed E-state index contributed by atoms with van der Waals surface area (Å²) >= 11 is 1.78. The number of morpholine rings is 1. The van der Waals surface area contributed by atoms with Crippen molar-refractivity contribution in [3.05, 3.63) is 40.1 Å². The van der Waals surface area contributed by atoms with Gasteiger partial charge in [-0.15, -0.1) is 11.3 Å². The van der Waals surface area contributed by atoms with Gasteiger partial charge in [-0.1, -0.05) is 0 Å². The van der Waals surface area contributed by atoms with Crippen molar-refractivity contribution in [2.75, 3.05) is 62.7 Å². The van der Waals surface area contributed by atoms with E-state index in [2.05, 4.69) is 26.6 Å². The lowest BCUT2D eigenvalue weighted by Crippen LogP contribution is -2.40. The number of nitrogens with zero attached hydrogens (tertiary/aromatic N) is 3. The summed E-state index contributed by atoms with van der Waals surface area (Å²) in [6.07, 6.45) is 3.16. The van der Waals surface area contributed by atoms with Crippen LogP contribution in [-0.2, 0) is 32.5 Å². The van der Waals surface area contributed by atoms with Gasteiger partial charge in [0.25, 0.3) is 0 Å². The van der Waals surface area contributed by atoms with Crippen molar-refractivity contribution in [1.29, 1.82) is 0 Å². The fourth-order valence-electron chi connectivity index (χ4n) is 4.78. The Morgan fingerprint density at radius 1 is 1.06 bits per heavy atom. The number of benzene rings is 1. The van der Waals surface area contributed by atoms with Crippen LogP contribution in [0.4, 0.5) is 11.4 Å². The summed E-state index contributed by atoms with van der Waals surface area (Å²) in [5.41, 5.74) is 2.76. The Hall–Kier alpha value is -1.98. The number of fused-ring (bicyclic) bond motifs is 1. The van der Waals surface area contributed by atoms with Gasteiger partial charge in [0, 0.05) is 44.1 Å². The molecule has 5 rings (SSSR count). The normalized spacial score (nSPS) is 20.1. The van der Waals surface area contributed by atoms with Crippen molar-refractivity contribution in [3.63, 3.8) is 0 Å². The Balaban J connectivity index is 1.36. The number of nitrogens with one attached hydrogen (secondary N) is 1. The largest absolute Gasteiger partial charge is 0.379 e. The molecule has 0 atom stereocenters. The predicted molar refractivity (Wildman–Crippen MR) is 129 cm³/mol. The second-order valence-corrected chi connectivity index (χ2v) is 11.7. The summed E-state index contributed by atoms with van der Waals surface area (Å²) in [4.78, 5) is 19.0. The lowest BCUT2D eigenvalue weighted by atomic mass is 10.1. The molecule has 2 aromatic rings. The number of anilines is 2. The molecule has 0 radical (unpaired) electrons. The number of hydrogen-bond donors (Lipinski definition) is 1. The predicted octanol–water partition coefficient (Wildman–Crippen LogP) is 2.37. The van der Waals surface area contributed by atoms with Crippen molar-refractivity contribution in [2.45, 2.75) is 30.7 Å². The number of sulfonamides is 1. The molecule has 10 heteroatoms. The highest BCUT2D eigenvalue weighted by molar-refractivity contribution is 7.89. The Kier molecular flexibility index (Phi) is 6.71. The van der Waals surface area contributed by atoms with Gasteiger partial charge in [-0.3, -0.25) is 9.69 Å². The SMILES string of the molecule is O=C(CN1CCc2sccc2C1)Nc1cc(S(=O)(=O)N2CCOCC2)ccc1N1CCCC1. The minimum atomic E-state index is -3.64. The number of amides is 1. The Bertz CT molecular complexity index is 1110. The van der Waals surface area contributed by atoms with E-state index in [9.17, 15) is 13.2 Å². The van der Waals surface area contributed by atoms with Gasteiger partial charge < -0.3 is 15.0 Å². The van der Waals surface area contributed by atoms with Gasteiger partial charge in [0.15, 0.2) is 0 Å². The van der Waals surface area contributed by atoms with Crippen LogP contribution in [0.15, 0.2) is 34.5 Å². The summed E-state index contributed by atoms with van der Waals surface area (Å²) < 4.78 is 33.2. The van der Waals surface area contributed by atoms with Crippen molar-refractivity contribution in [3.8, 4) is 0 Å². The van der Waals surface area contributed by atoms with E-state index in [4.69, 9.17) is 4.74 Å². The van der Waals surface area contributed by atoms with Crippen LogP contribution in [0.2, 0.25) is 0 Å². The molecule has 0 spiro atoms. The van der Waals surface area contributed by atoms with Crippen LogP contribution < -0.4 is 10.2 Å². The molecule has 0 saturated carbocycles. The van der Waals surface area contributed by atoms with E-state index in [1.165, 1.54) is 14.7 Å². The molecular formula is C23H30N4O4S2. The number of thiophene rings is 1. The van der Waals surface area contributed by atoms with E-state index in [-0.39, 0.29) is 17.3 Å². The van der Waals surface area contributed by atoms with Crippen LogP contribution in [-0.4, -0.2) is 76.0 Å². The molecule has 4 heterocycles. The Morgan fingerprint density at radius 3 is 2.64 bits per heavy atom. The molecule has 178 valence electrons. The first kappa shape index (κ1) is 22.8. The Labute approximate surface area is 199 Å². The molecule has 2 saturated heterocycles. The van der Waals surface area contributed by atoms with Crippen LogP contribution in [0.3, 0.4) is 0 Å². The van der Waals surface area contributed by atoms with Crippen LogP contribution in [0, 0.1) is 0 Å². The molecule has 1 N–H and O–H groups in total. The first-order valence-electron chi connectivity index (χ1n) is 11.5. The summed E-state index contributed by atoms with van der Waals surface area (Å²) in [5.74, 6) is -0.116. The third-order valence-electron chi connectivity index (χ3n) is 6.55. The number of hydrogen-bond acceptors (Lipinski definition) is 7. The zero-order chi connectivity index (χ0) is 22.8. The van der Waals surface area contributed by atoms with E-state index in [1.807, 2.05) is 6.07 Å². The molecular weight excluding hydrogens is 460 g/mol. The van der Waals surface area contributed by atoms with Gasteiger partial charge in [-0.05, 0) is 54.5 Å². The smallest absolute Gasteiger partial charge is 0.243 e. The van der Waals surface area contributed by atoms with Gasteiger partial charge in [-0.25, -0.2) is 8.42 Å². The first-order chi connectivity index (χ1) is 16.0. The maximum Gasteiger partial charge on any atom is 0.243 e. The number of ether oxygens (including phenoxy) is 1. The summed E-state index contributed by atoms with van der Waals surface area (Å²) in [6.45, 7) is 5.22. The molecule has 2 fully saturated rings. The number of rotatable bonds is 6. The summed E-state index contributed by atoms with van der Waals surface area (Å²) in [5, 5.41) is 5.15. The van der Waals surface area contributed by atoms with Crippen molar-refractivity contribution >= 4 is 38.6 Å². The van der Waals surface area contributed by atoms with Crippen LogP contribution in [0.5, 0.6) is 0 Å². The van der Waals surface area contributed by atoms with E-state index >= 15 is 0 Å². The highest BCUT2D eigenvalue weighted by Crippen LogP contribution is 2.33. The number of carbonyl (C=O) groups is 1. The maximum absolute atomic E-state index is 13.2. The van der Waals surface area contributed by atoms with Crippen molar-refractivity contribution < 1.29 is 17.9 Å². The molecule has 3 aliphatic rings. The molecule has 1 amide bonds. The van der Waals surface area contributed by atoms with E-state index in [1.54, 1.807) is 23.5 Å². The summed E-state index contributed by atoms with van der Waals surface area (Å²) in [7, 11) is -3.64. The second kappa shape index (κ2) is 9.71. The lowest BCUT2D eigenvalue weighted by Gasteiger charge is -2.28. The molecule has 33 heavy (non-hydrogen) atoms. The van der Waals surface area contributed by atoms with Gasteiger partial charge in [0.1, 0.15) is 0 Å². The van der Waals surface area contributed by atoms with Gasteiger partial charge in [0.05, 0.1) is 36.0 Å². The van der Waals surface area contributed by atoms with E-state index in [0.717, 1.165) is 51.1 Å². The molecule has 0 bridgehead atoms. The standard InChI is InChI=1S/C23H30N4O4S2/c28-23(17-25-9-5-22-18(16-25)6-14-32-22)24-20-15-19(3-4-21(20)26-7-1-2-8-26)33(29,30)27-10-12-31-13-11-27/h3-4,6,14-15H,1-2,5,7-13,16-17H2,(H,24,28). The van der Waals surface area contributed by atoms with E-state index < -0.39 is 10.0 Å². The molecule has 1 aromatic carbocycles. The minimum Gasteiger partial charge on any atom is -0.379 e. The molecule has 3 aliphatic heterocycles. The lowest BCUT2D eigenvalue weighted by molar-refractivity contribution is -0.117. The molecule has 1 aromatic heterocycles. The van der Waals surface area contributed by atoms with Crippen molar-refractivity contribution in [1.82, 2.24) is 9.21 Å². The average molecular weight is 491 g/mol. The van der Waals surface area contributed by atoms with E-state index in [0.29, 0.717) is 32.0 Å². The van der Waals surface area contributed by atoms with Crippen LogP contribution in [0.25, 0.3) is 0 Å². The minimum absolute atomic E-state index is 0.116. The molecule has 0 unspecified atom stereocenters. The first-order valence-corrected chi connectivity index (χ1v) is 13.9. The average Bonchev–Trinajstić information content (AvgIpc) is 3.51. The second-order valence-electron chi connectivity index (χ2n) is 8.77. The topological polar surface area (TPSA) is 82.2 Å². The van der Waals surface area contributed by atoms with Crippen molar-refractivity contribution in [2.24, 2.45) is 0 Å². The maximum atomic E-state index is 13.2. The number of carbonyl (C=O) groups excluding carboxylic acids is 1. The highest BCUT2D eigenvalue weighted by atomic mass is 32.2. The third kappa shape index (κ3) is 4.95. The monoisotopic (exact) mass is 490 g/mol.